The quantitative estimate of drug-likeness (QED) is 0.558. The largest absolute Gasteiger partial charge is 0.457 e. The van der Waals surface area contributed by atoms with Crippen molar-refractivity contribution in [3.05, 3.63) is 42.2 Å². The smallest absolute Gasteiger partial charge is 0.189 e. The minimum atomic E-state index is 0.441. The number of aromatic nitrogens is 1. The fourth-order valence-electron chi connectivity index (χ4n) is 3.04. The normalized spacial score (nSPS) is 16.1. The minimum absolute atomic E-state index is 0.441. The molecule has 6 heteroatoms. The van der Waals surface area contributed by atoms with Crippen LogP contribution in [0.3, 0.4) is 0 Å². The second-order valence-corrected chi connectivity index (χ2v) is 7.11. The molecule has 4 rings (SSSR count). The first-order valence-electron chi connectivity index (χ1n) is 8.29. The average molecular weight is 340 g/mol. The van der Waals surface area contributed by atoms with Crippen LogP contribution in [0.1, 0.15) is 31.4 Å². The van der Waals surface area contributed by atoms with Gasteiger partial charge in [0.05, 0.1) is 10.2 Å². The van der Waals surface area contributed by atoms with Crippen LogP contribution in [0.5, 0.6) is 0 Å². The monoisotopic (exact) mass is 340 g/mol. The van der Waals surface area contributed by atoms with Gasteiger partial charge in [-0.2, -0.15) is 0 Å². The molecule has 1 aliphatic carbocycles. The van der Waals surface area contributed by atoms with Crippen LogP contribution in [0.15, 0.2) is 45.8 Å². The third-order valence-electron chi connectivity index (χ3n) is 4.28. The van der Waals surface area contributed by atoms with Crippen LogP contribution in [0.2, 0.25) is 0 Å². The zero-order chi connectivity index (χ0) is 16.4. The van der Waals surface area contributed by atoms with E-state index in [4.69, 9.17) is 10.2 Å². The first kappa shape index (κ1) is 15.2. The molecule has 0 bridgehead atoms. The molecule has 1 aromatic carbocycles. The molecule has 3 N–H and O–H groups in total. The van der Waals surface area contributed by atoms with Gasteiger partial charge in [0.15, 0.2) is 16.7 Å². The Morgan fingerprint density at radius 2 is 2.08 bits per heavy atom. The van der Waals surface area contributed by atoms with Gasteiger partial charge in [0.25, 0.3) is 0 Å². The third kappa shape index (κ3) is 3.28. The van der Waals surface area contributed by atoms with Crippen LogP contribution in [-0.4, -0.2) is 17.0 Å². The van der Waals surface area contributed by atoms with Crippen LogP contribution in [0, 0.1) is 0 Å². The molecule has 1 fully saturated rings. The summed E-state index contributed by atoms with van der Waals surface area (Å²) in [6.45, 7) is 0.441. The number of thiazole rings is 1. The first-order valence-corrected chi connectivity index (χ1v) is 9.11. The number of nitrogens with zero attached hydrogens (tertiary/aromatic N) is 2. The van der Waals surface area contributed by atoms with Crippen molar-refractivity contribution in [2.24, 2.45) is 10.7 Å². The van der Waals surface area contributed by atoms with Crippen LogP contribution in [-0.2, 0) is 6.54 Å². The van der Waals surface area contributed by atoms with Gasteiger partial charge in [-0.05, 0) is 37.1 Å². The van der Waals surface area contributed by atoms with Gasteiger partial charge in [-0.1, -0.05) is 25.0 Å². The molecule has 1 saturated carbocycles. The van der Waals surface area contributed by atoms with E-state index in [0.29, 0.717) is 18.5 Å². The topological polar surface area (TPSA) is 76.4 Å². The Morgan fingerprint density at radius 3 is 2.92 bits per heavy atom. The molecule has 24 heavy (non-hydrogen) atoms. The molecule has 0 amide bonds. The first-order chi connectivity index (χ1) is 11.8. The number of rotatable bonds is 4. The number of hydrogen-bond acceptors (Lipinski definition) is 4. The summed E-state index contributed by atoms with van der Waals surface area (Å²) in [5.41, 5.74) is 6.96. The van der Waals surface area contributed by atoms with E-state index in [0.717, 1.165) is 26.7 Å². The van der Waals surface area contributed by atoms with Gasteiger partial charge in [-0.25, -0.2) is 9.98 Å². The number of aliphatic imine (C=N–C) groups is 1. The lowest BCUT2D eigenvalue weighted by Crippen LogP contribution is -2.38. The van der Waals surface area contributed by atoms with E-state index in [9.17, 15) is 0 Å². The molecule has 0 aliphatic heterocycles. The third-order valence-corrected chi connectivity index (χ3v) is 5.33. The SMILES string of the molecule is NC(=NCc1ccc(-c2nc3ccccc3s2)o1)NC1CCCC1. The maximum atomic E-state index is 5.96. The Kier molecular flexibility index (Phi) is 4.21. The van der Waals surface area contributed by atoms with Crippen molar-refractivity contribution in [1.29, 1.82) is 0 Å². The Labute approximate surface area is 144 Å². The van der Waals surface area contributed by atoms with Gasteiger partial charge in [0.1, 0.15) is 12.3 Å². The van der Waals surface area contributed by atoms with Crippen molar-refractivity contribution in [3.63, 3.8) is 0 Å². The Hall–Kier alpha value is -2.34. The molecule has 0 saturated heterocycles. The van der Waals surface area contributed by atoms with Gasteiger partial charge >= 0.3 is 0 Å². The van der Waals surface area contributed by atoms with E-state index in [1.165, 1.54) is 25.7 Å². The highest BCUT2D eigenvalue weighted by Crippen LogP contribution is 2.31. The summed E-state index contributed by atoms with van der Waals surface area (Å²) in [5, 5.41) is 4.17. The van der Waals surface area contributed by atoms with Crippen LogP contribution in [0.25, 0.3) is 21.0 Å². The van der Waals surface area contributed by atoms with Gasteiger partial charge in [0.2, 0.25) is 0 Å². The Balaban J connectivity index is 1.44. The molecule has 0 radical (unpaired) electrons. The number of nitrogens with two attached hydrogens (primary N) is 1. The molecule has 0 atom stereocenters. The number of furan rings is 1. The van der Waals surface area contributed by atoms with Gasteiger partial charge in [-0.15, -0.1) is 11.3 Å². The number of hydrogen-bond donors (Lipinski definition) is 2. The van der Waals surface area contributed by atoms with Crippen molar-refractivity contribution in [3.8, 4) is 10.8 Å². The van der Waals surface area contributed by atoms with Crippen molar-refractivity contribution < 1.29 is 4.42 Å². The molecule has 5 nitrogen and oxygen atoms in total. The summed E-state index contributed by atoms with van der Waals surface area (Å²) >= 11 is 1.63. The molecule has 1 aliphatic rings. The van der Waals surface area contributed by atoms with Gasteiger partial charge in [0, 0.05) is 6.04 Å². The number of nitrogens with one attached hydrogen (secondary N) is 1. The van der Waals surface area contributed by atoms with E-state index in [1.807, 2.05) is 30.3 Å². The molecule has 0 spiro atoms. The summed E-state index contributed by atoms with van der Waals surface area (Å²) in [6, 6.07) is 12.5. The van der Waals surface area contributed by atoms with E-state index in [1.54, 1.807) is 11.3 Å². The molecule has 2 heterocycles. The number of para-hydroxylation sites is 1. The molecular formula is C18H20N4OS. The predicted molar refractivity (Wildman–Crippen MR) is 98.0 cm³/mol. The standard InChI is InChI=1S/C18H20N4OS/c19-18(21-12-5-1-2-6-12)20-11-13-9-10-15(23-13)17-22-14-7-3-4-8-16(14)24-17/h3-4,7-10,12H,1-2,5-6,11H2,(H3,19,20,21). The van der Waals surface area contributed by atoms with Gasteiger partial charge < -0.3 is 15.5 Å². The predicted octanol–water partition coefficient (Wildman–Crippen LogP) is 3.90. The summed E-state index contributed by atoms with van der Waals surface area (Å²) in [4.78, 5) is 8.99. The average Bonchev–Trinajstić information content (AvgIpc) is 3.32. The van der Waals surface area contributed by atoms with Crippen molar-refractivity contribution in [2.45, 2.75) is 38.3 Å². The van der Waals surface area contributed by atoms with E-state index >= 15 is 0 Å². The van der Waals surface area contributed by atoms with Crippen molar-refractivity contribution in [2.75, 3.05) is 0 Å². The minimum Gasteiger partial charge on any atom is -0.457 e. The fraction of sp³-hybridized carbons (Fsp3) is 0.333. The van der Waals surface area contributed by atoms with Crippen LogP contribution < -0.4 is 11.1 Å². The second-order valence-electron chi connectivity index (χ2n) is 6.08. The van der Waals surface area contributed by atoms with Crippen LogP contribution in [0.4, 0.5) is 0 Å². The molecule has 3 aromatic rings. The fourth-order valence-corrected chi connectivity index (χ4v) is 3.97. The second kappa shape index (κ2) is 6.65. The summed E-state index contributed by atoms with van der Waals surface area (Å²) in [7, 11) is 0. The highest BCUT2D eigenvalue weighted by Gasteiger charge is 2.15. The lowest BCUT2D eigenvalue weighted by molar-refractivity contribution is 0.524. The Bertz CT molecular complexity index is 828. The highest BCUT2D eigenvalue weighted by molar-refractivity contribution is 7.21. The lowest BCUT2D eigenvalue weighted by Gasteiger charge is -2.11. The summed E-state index contributed by atoms with van der Waals surface area (Å²) in [5.74, 6) is 2.07. The lowest BCUT2D eigenvalue weighted by atomic mass is 10.2. The zero-order valence-corrected chi connectivity index (χ0v) is 14.2. The molecule has 124 valence electrons. The van der Waals surface area contributed by atoms with Gasteiger partial charge in [-0.3, -0.25) is 0 Å². The number of benzene rings is 1. The summed E-state index contributed by atoms with van der Waals surface area (Å²) in [6.07, 6.45) is 4.90. The molecule has 0 unspecified atom stereocenters. The molecule has 2 aromatic heterocycles. The van der Waals surface area contributed by atoms with E-state index in [2.05, 4.69) is 21.4 Å². The maximum absolute atomic E-state index is 5.96. The van der Waals surface area contributed by atoms with Crippen molar-refractivity contribution in [1.82, 2.24) is 10.3 Å². The number of guanidine groups is 1. The Morgan fingerprint density at radius 1 is 1.25 bits per heavy atom. The molecular weight excluding hydrogens is 320 g/mol. The zero-order valence-electron chi connectivity index (χ0n) is 13.4. The van der Waals surface area contributed by atoms with E-state index in [-0.39, 0.29) is 0 Å². The van der Waals surface area contributed by atoms with Crippen LogP contribution >= 0.6 is 11.3 Å². The summed E-state index contributed by atoms with van der Waals surface area (Å²) < 4.78 is 7.04. The highest BCUT2D eigenvalue weighted by atomic mass is 32.1. The number of fused-ring (bicyclic) bond motifs is 1. The van der Waals surface area contributed by atoms with Crippen molar-refractivity contribution >= 4 is 27.5 Å². The maximum Gasteiger partial charge on any atom is 0.189 e. The van der Waals surface area contributed by atoms with E-state index < -0.39 is 0 Å².